The molecule has 0 aliphatic rings. The van der Waals surface area contributed by atoms with Gasteiger partial charge in [0.05, 0.1) is 16.2 Å². The number of fused-ring (bicyclic) bond motifs is 3. The normalized spacial score (nSPS) is 12.3. The summed E-state index contributed by atoms with van der Waals surface area (Å²) in [4.78, 5) is 12.9. The number of aromatic nitrogens is 3. The highest BCUT2D eigenvalue weighted by molar-refractivity contribution is 7.99. The van der Waals surface area contributed by atoms with E-state index in [-0.39, 0.29) is 22.3 Å². The van der Waals surface area contributed by atoms with Gasteiger partial charge in [-0.2, -0.15) is 0 Å². The molecule has 0 atom stereocenters. The van der Waals surface area contributed by atoms with Gasteiger partial charge in [-0.05, 0) is 43.7 Å². The third kappa shape index (κ3) is 3.51. The molecule has 8 nitrogen and oxygen atoms in total. The third-order valence-corrected chi connectivity index (χ3v) is 7.52. The van der Waals surface area contributed by atoms with Gasteiger partial charge in [-0.3, -0.25) is 4.79 Å². The lowest BCUT2D eigenvalue weighted by molar-refractivity contribution is 0.102. The Balaban J connectivity index is 1.70. The predicted molar refractivity (Wildman–Crippen MR) is 115 cm³/mol. The zero-order valence-electron chi connectivity index (χ0n) is 16.9. The summed E-state index contributed by atoms with van der Waals surface area (Å²) < 4.78 is 33.4. The monoisotopic (exact) mass is 444 g/mol. The second kappa shape index (κ2) is 7.53. The van der Waals surface area contributed by atoms with Crippen molar-refractivity contribution in [3.63, 3.8) is 0 Å². The number of oxazole rings is 1. The maximum absolute atomic E-state index is 12.7. The molecule has 0 aliphatic heterocycles. The van der Waals surface area contributed by atoms with E-state index >= 15 is 0 Å². The zero-order valence-corrected chi connectivity index (χ0v) is 18.5. The quantitative estimate of drug-likeness (QED) is 0.332. The fraction of sp³-hybridized carbons (Fsp3) is 0.250. The van der Waals surface area contributed by atoms with Gasteiger partial charge >= 0.3 is 5.84 Å². The van der Waals surface area contributed by atoms with Gasteiger partial charge in [-0.15, -0.1) is 5.10 Å². The molecular weight excluding hydrogens is 424 g/mol. The number of sulfonamides is 1. The number of aryl methyl sites for hydroxylation is 2. The molecule has 156 valence electrons. The molecule has 0 amide bonds. The smallest absolute Gasteiger partial charge is 0.328 e. The Labute approximate surface area is 177 Å². The number of ketones is 1. The highest BCUT2D eigenvalue weighted by atomic mass is 32.2. The SMILES string of the molecule is Cc1ccc(C)c(C(=O)CSc2nnc3oc4ccc(S(=O)(=O)N(C)C)cc4n23)c1. The van der Waals surface area contributed by atoms with Gasteiger partial charge in [0.15, 0.2) is 16.5 Å². The molecular formula is C20H20N4O4S2. The van der Waals surface area contributed by atoms with Crippen LogP contribution < -0.4 is 0 Å². The Morgan fingerprint density at radius 1 is 1.13 bits per heavy atom. The zero-order chi connectivity index (χ0) is 21.6. The van der Waals surface area contributed by atoms with Gasteiger partial charge in [-0.25, -0.2) is 17.1 Å². The first-order valence-electron chi connectivity index (χ1n) is 9.12. The number of hydrogen-bond acceptors (Lipinski definition) is 7. The summed E-state index contributed by atoms with van der Waals surface area (Å²) in [5, 5.41) is 8.59. The molecule has 0 saturated heterocycles. The first-order valence-corrected chi connectivity index (χ1v) is 11.5. The van der Waals surface area contributed by atoms with Crippen molar-refractivity contribution in [2.45, 2.75) is 23.9 Å². The topological polar surface area (TPSA) is 97.8 Å². The van der Waals surface area contributed by atoms with Gasteiger partial charge < -0.3 is 4.42 Å². The fourth-order valence-corrected chi connectivity index (χ4v) is 4.84. The summed E-state index contributed by atoms with van der Waals surface area (Å²) in [5.41, 5.74) is 3.64. The highest BCUT2D eigenvalue weighted by Crippen LogP contribution is 2.28. The van der Waals surface area contributed by atoms with Crippen molar-refractivity contribution in [3.05, 3.63) is 53.1 Å². The summed E-state index contributed by atoms with van der Waals surface area (Å²) in [6, 6.07) is 10.4. The number of rotatable bonds is 6. The molecule has 10 heteroatoms. The van der Waals surface area contributed by atoms with E-state index < -0.39 is 10.0 Å². The van der Waals surface area contributed by atoms with Crippen LogP contribution in [0.25, 0.3) is 16.9 Å². The number of carbonyl (C=O) groups is 1. The Morgan fingerprint density at radius 3 is 2.63 bits per heavy atom. The number of hydrogen-bond donors (Lipinski definition) is 0. The van der Waals surface area contributed by atoms with Crippen LogP contribution in [0.4, 0.5) is 0 Å². The molecule has 0 unspecified atom stereocenters. The van der Waals surface area contributed by atoms with Crippen LogP contribution in [0.2, 0.25) is 0 Å². The van der Waals surface area contributed by atoms with Crippen LogP contribution in [0.15, 0.2) is 50.9 Å². The molecule has 0 saturated carbocycles. The lowest BCUT2D eigenvalue weighted by Gasteiger charge is -2.10. The van der Waals surface area contributed by atoms with Crippen LogP contribution in [-0.2, 0) is 10.0 Å². The Hall–Kier alpha value is -2.69. The Bertz CT molecular complexity index is 1390. The number of nitrogens with zero attached hydrogens (tertiary/aromatic N) is 4. The molecule has 0 radical (unpaired) electrons. The number of thioether (sulfide) groups is 1. The molecule has 0 fully saturated rings. The van der Waals surface area contributed by atoms with E-state index in [0.29, 0.717) is 21.8 Å². The Kier molecular flexibility index (Phi) is 5.16. The van der Waals surface area contributed by atoms with Crippen LogP contribution in [0.5, 0.6) is 0 Å². The van der Waals surface area contributed by atoms with E-state index in [1.807, 2.05) is 32.0 Å². The minimum absolute atomic E-state index is 0.0124. The van der Waals surface area contributed by atoms with Crippen LogP contribution in [0.3, 0.4) is 0 Å². The van der Waals surface area contributed by atoms with Crippen molar-refractivity contribution >= 4 is 44.5 Å². The molecule has 2 aromatic carbocycles. The van der Waals surface area contributed by atoms with E-state index in [4.69, 9.17) is 4.42 Å². The standard InChI is InChI=1S/C20H20N4O4S2/c1-12-5-6-13(2)15(9-12)17(25)11-29-20-22-21-19-24(20)16-10-14(7-8-18(16)28-19)30(26,27)23(3)4/h5-10H,11H2,1-4H3. The summed E-state index contributed by atoms with van der Waals surface area (Å²) in [6.07, 6.45) is 0. The van der Waals surface area contributed by atoms with Gasteiger partial charge in [-0.1, -0.05) is 34.6 Å². The lowest BCUT2D eigenvalue weighted by Crippen LogP contribution is -2.22. The first kappa shape index (κ1) is 20.6. The van der Waals surface area contributed by atoms with Crippen LogP contribution in [-0.4, -0.2) is 53.0 Å². The number of carbonyl (C=O) groups excluding carboxylic acids is 1. The summed E-state index contributed by atoms with van der Waals surface area (Å²) >= 11 is 1.23. The fourth-order valence-electron chi connectivity index (χ4n) is 3.09. The van der Waals surface area contributed by atoms with Crippen LogP contribution >= 0.6 is 11.8 Å². The van der Waals surface area contributed by atoms with Gasteiger partial charge in [0, 0.05) is 19.7 Å². The molecule has 2 aromatic heterocycles. The lowest BCUT2D eigenvalue weighted by atomic mass is 10.0. The van der Waals surface area contributed by atoms with Crippen LogP contribution in [0, 0.1) is 13.8 Å². The largest absolute Gasteiger partial charge is 0.422 e. The van der Waals surface area contributed by atoms with Crippen molar-refractivity contribution < 1.29 is 17.6 Å². The molecule has 0 spiro atoms. The average Bonchev–Trinajstić information content (AvgIpc) is 3.26. The maximum Gasteiger partial charge on any atom is 0.328 e. The van der Waals surface area contributed by atoms with Gasteiger partial charge in [0.25, 0.3) is 0 Å². The first-order chi connectivity index (χ1) is 14.2. The van der Waals surface area contributed by atoms with Crippen molar-refractivity contribution in [1.82, 2.24) is 18.9 Å². The highest BCUT2D eigenvalue weighted by Gasteiger charge is 2.21. The molecule has 0 aliphatic carbocycles. The summed E-state index contributed by atoms with van der Waals surface area (Å²) in [5.74, 6) is 0.403. The van der Waals surface area contributed by atoms with E-state index in [2.05, 4.69) is 10.2 Å². The van der Waals surface area contributed by atoms with Crippen molar-refractivity contribution in [1.29, 1.82) is 0 Å². The number of Topliss-reactive ketones (excluding diaryl/α,β-unsaturated/α-hetero) is 1. The van der Waals surface area contributed by atoms with E-state index in [9.17, 15) is 13.2 Å². The molecule has 0 bridgehead atoms. The summed E-state index contributed by atoms with van der Waals surface area (Å²) in [6.45, 7) is 3.85. The Morgan fingerprint density at radius 2 is 1.90 bits per heavy atom. The third-order valence-electron chi connectivity index (χ3n) is 4.78. The van der Waals surface area contributed by atoms with E-state index in [1.54, 1.807) is 10.5 Å². The predicted octanol–water partition coefficient (Wildman–Crippen LogP) is 3.32. The van der Waals surface area contributed by atoms with Crippen LogP contribution in [0.1, 0.15) is 21.5 Å². The van der Waals surface area contributed by atoms with Gasteiger partial charge in [0.1, 0.15) is 0 Å². The van der Waals surface area contributed by atoms with Crippen molar-refractivity contribution in [2.24, 2.45) is 0 Å². The minimum Gasteiger partial charge on any atom is -0.422 e. The van der Waals surface area contributed by atoms with E-state index in [0.717, 1.165) is 15.4 Å². The van der Waals surface area contributed by atoms with Crippen molar-refractivity contribution in [2.75, 3.05) is 19.8 Å². The van der Waals surface area contributed by atoms with E-state index in [1.165, 1.54) is 38.0 Å². The van der Waals surface area contributed by atoms with Gasteiger partial charge in [0.2, 0.25) is 10.0 Å². The maximum atomic E-state index is 12.7. The van der Waals surface area contributed by atoms with Crippen molar-refractivity contribution in [3.8, 4) is 0 Å². The minimum atomic E-state index is -3.60. The summed E-state index contributed by atoms with van der Waals surface area (Å²) in [7, 11) is -0.654. The average molecular weight is 445 g/mol. The molecule has 0 N–H and O–H groups in total. The molecule has 4 rings (SSSR count). The second-order valence-corrected chi connectivity index (χ2v) is 10.2. The number of benzene rings is 2. The molecule has 30 heavy (non-hydrogen) atoms. The second-order valence-electron chi connectivity index (χ2n) is 7.15. The molecule has 2 heterocycles. The molecule has 4 aromatic rings.